The van der Waals surface area contributed by atoms with Gasteiger partial charge in [-0.2, -0.15) is 0 Å². The number of thiazole rings is 1. The Kier molecular flexibility index (Phi) is 6.86. The molecule has 198 valence electrons. The van der Waals surface area contributed by atoms with Gasteiger partial charge in [0.15, 0.2) is 0 Å². The van der Waals surface area contributed by atoms with E-state index in [2.05, 4.69) is 49.8 Å². The van der Waals surface area contributed by atoms with Gasteiger partial charge in [0.25, 0.3) is 6.02 Å². The van der Waals surface area contributed by atoms with Crippen molar-refractivity contribution in [1.29, 1.82) is 0 Å². The average Bonchev–Trinajstić information content (AvgIpc) is 3.70. The molecule has 1 saturated heterocycles. The van der Waals surface area contributed by atoms with E-state index in [0.29, 0.717) is 19.1 Å². The van der Waals surface area contributed by atoms with Gasteiger partial charge in [0.2, 0.25) is 0 Å². The summed E-state index contributed by atoms with van der Waals surface area (Å²) in [4.78, 5) is 18.5. The van der Waals surface area contributed by atoms with Crippen molar-refractivity contribution < 1.29 is 14.2 Å². The minimum Gasteiger partial charge on any atom is -0.457 e. The third-order valence-electron chi connectivity index (χ3n) is 6.93. The van der Waals surface area contributed by atoms with E-state index in [-0.39, 0.29) is 18.5 Å². The van der Waals surface area contributed by atoms with Crippen LogP contribution in [0.15, 0.2) is 53.0 Å². The van der Waals surface area contributed by atoms with Gasteiger partial charge in [-0.1, -0.05) is 6.92 Å². The number of pyridine rings is 1. The van der Waals surface area contributed by atoms with Gasteiger partial charge in [-0.05, 0) is 42.8 Å². The first-order valence-corrected chi connectivity index (χ1v) is 13.8. The molecule has 1 atom stereocenters. The zero-order valence-electron chi connectivity index (χ0n) is 21.2. The number of aryl methyl sites for hydroxylation is 1. The topological polar surface area (TPSA) is 90.5 Å². The van der Waals surface area contributed by atoms with E-state index in [9.17, 15) is 9.50 Å². The van der Waals surface area contributed by atoms with Crippen LogP contribution in [0.5, 0.6) is 0 Å². The standard InChI is InChI=1S/C27H30FN7O2S/c1-2-22-26(29-14-25-32-23(17-38-25)18-3-5-19(28)6-4-18)35-15-20(7-8-24(35)31-22)33-9-11-34(12-10-33)27-30-13-21(16-36)37-27/h3-8,15,17,21,29,36H,2,9-14,16H2,1H3. The summed E-state index contributed by atoms with van der Waals surface area (Å²) in [5.41, 5.74) is 4.81. The van der Waals surface area contributed by atoms with Crippen molar-refractivity contribution in [2.24, 2.45) is 4.99 Å². The zero-order valence-corrected chi connectivity index (χ0v) is 22.0. The number of hydrogen-bond acceptors (Lipinski definition) is 9. The van der Waals surface area contributed by atoms with E-state index in [1.165, 1.54) is 12.1 Å². The lowest BCUT2D eigenvalue weighted by Gasteiger charge is -2.36. The molecule has 0 aliphatic carbocycles. The lowest BCUT2D eigenvalue weighted by molar-refractivity contribution is 0.110. The number of aliphatic imine (C=N–C) groups is 1. The molecular weight excluding hydrogens is 505 g/mol. The molecule has 11 heteroatoms. The highest BCUT2D eigenvalue weighted by molar-refractivity contribution is 7.10. The normalized spacial score (nSPS) is 17.7. The number of fused-ring (bicyclic) bond motifs is 1. The number of anilines is 2. The van der Waals surface area contributed by atoms with Gasteiger partial charge in [0.05, 0.1) is 36.8 Å². The van der Waals surface area contributed by atoms with Crippen LogP contribution in [0.2, 0.25) is 0 Å². The predicted molar refractivity (Wildman–Crippen MR) is 147 cm³/mol. The summed E-state index contributed by atoms with van der Waals surface area (Å²) in [7, 11) is 0. The minimum absolute atomic E-state index is 0.00797. The van der Waals surface area contributed by atoms with E-state index >= 15 is 0 Å². The van der Waals surface area contributed by atoms with Crippen LogP contribution >= 0.6 is 11.3 Å². The van der Waals surface area contributed by atoms with Crippen LogP contribution in [0.25, 0.3) is 16.9 Å². The highest BCUT2D eigenvalue weighted by Gasteiger charge is 2.27. The van der Waals surface area contributed by atoms with E-state index in [0.717, 1.165) is 71.7 Å². The molecule has 5 heterocycles. The number of aromatic nitrogens is 3. The smallest absolute Gasteiger partial charge is 0.287 e. The molecule has 1 aromatic carbocycles. The fourth-order valence-corrected chi connectivity index (χ4v) is 5.58. The van der Waals surface area contributed by atoms with Crippen molar-refractivity contribution in [3.63, 3.8) is 0 Å². The van der Waals surface area contributed by atoms with Gasteiger partial charge >= 0.3 is 0 Å². The molecule has 2 N–H and O–H groups in total. The van der Waals surface area contributed by atoms with E-state index in [1.54, 1.807) is 23.5 Å². The Labute approximate surface area is 224 Å². The molecule has 0 radical (unpaired) electrons. The lowest BCUT2D eigenvalue weighted by atomic mass is 10.2. The number of aliphatic hydroxyl groups excluding tert-OH is 1. The van der Waals surface area contributed by atoms with E-state index in [1.807, 2.05) is 5.38 Å². The Morgan fingerprint density at radius 1 is 1.08 bits per heavy atom. The molecule has 38 heavy (non-hydrogen) atoms. The summed E-state index contributed by atoms with van der Waals surface area (Å²) < 4.78 is 21.2. The number of hydrogen-bond donors (Lipinski definition) is 2. The second-order valence-electron chi connectivity index (χ2n) is 9.38. The van der Waals surface area contributed by atoms with Crippen LogP contribution in [-0.2, 0) is 17.7 Å². The van der Waals surface area contributed by atoms with Gasteiger partial charge in [-0.15, -0.1) is 11.3 Å². The number of halogens is 1. The van der Waals surface area contributed by atoms with Crippen molar-refractivity contribution in [1.82, 2.24) is 19.3 Å². The maximum absolute atomic E-state index is 13.3. The molecule has 0 spiro atoms. The first kappa shape index (κ1) is 24.6. The Balaban J connectivity index is 1.16. The highest BCUT2D eigenvalue weighted by atomic mass is 32.1. The molecule has 0 amide bonds. The third kappa shape index (κ3) is 4.91. The number of nitrogens with one attached hydrogen (secondary N) is 1. The molecule has 1 fully saturated rings. The monoisotopic (exact) mass is 535 g/mol. The van der Waals surface area contributed by atoms with Crippen LogP contribution < -0.4 is 10.2 Å². The average molecular weight is 536 g/mol. The van der Waals surface area contributed by atoms with Gasteiger partial charge < -0.3 is 25.0 Å². The zero-order chi connectivity index (χ0) is 26.1. The molecule has 9 nitrogen and oxygen atoms in total. The highest BCUT2D eigenvalue weighted by Crippen LogP contribution is 2.27. The quantitative estimate of drug-likeness (QED) is 0.373. The molecule has 4 aromatic rings. The number of rotatable bonds is 7. The summed E-state index contributed by atoms with van der Waals surface area (Å²) >= 11 is 1.58. The number of nitrogens with zero attached hydrogens (tertiary/aromatic N) is 6. The van der Waals surface area contributed by atoms with Gasteiger partial charge in [-0.3, -0.25) is 4.40 Å². The van der Waals surface area contributed by atoms with E-state index < -0.39 is 0 Å². The number of ether oxygens (including phenoxy) is 1. The molecule has 3 aromatic heterocycles. The third-order valence-corrected chi connectivity index (χ3v) is 7.78. The van der Waals surface area contributed by atoms with Crippen LogP contribution in [0.1, 0.15) is 17.6 Å². The second-order valence-corrected chi connectivity index (χ2v) is 10.3. The summed E-state index contributed by atoms with van der Waals surface area (Å²) in [6, 6.07) is 11.3. The summed E-state index contributed by atoms with van der Waals surface area (Å²) in [6.07, 6.45) is 2.74. The molecular formula is C27H30FN7O2S. The maximum atomic E-state index is 13.3. The number of amidine groups is 1. The van der Waals surface area contributed by atoms with Crippen LogP contribution in [0.3, 0.4) is 0 Å². The molecule has 0 saturated carbocycles. The molecule has 6 rings (SSSR count). The minimum atomic E-state index is -0.250. The van der Waals surface area contributed by atoms with Crippen molar-refractivity contribution >= 4 is 34.5 Å². The summed E-state index contributed by atoms with van der Waals surface area (Å²) in [6.45, 7) is 6.52. The number of benzene rings is 1. The molecule has 2 aliphatic rings. The number of imidazole rings is 1. The first-order valence-electron chi connectivity index (χ1n) is 12.9. The second kappa shape index (κ2) is 10.6. The SMILES string of the molecule is CCc1nc2ccc(N3CCN(C4=NCC(CO)O4)CC3)cn2c1NCc1nc(-c2ccc(F)cc2)cs1. The van der Waals surface area contributed by atoms with Gasteiger partial charge in [0.1, 0.15) is 28.4 Å². The Bertz CT molecular complexity index is 1440. The van der Waals surface area contributed by atoms with Crippen molar-refractivity contribution in [3.8, 4) is 11.3 Å². The van der Waals surface area contributed by atoms with E-state index in [4.69, 9.17) is 14.7 Å². The number of piperazine rings is 1. The van der Waals surface area contributed by atoms with Gasteiger partial charge in [0, 0.05) is 43.3 Å². The Hall–Kier alpha value is -3.70. The summed E-state index contributed by atoms with van der Waals surface area (Å²) in [5.74, 6) is 0.727. The van der Waals surface area contributed by atoms with Crippen LogP contribution in [-0.4, -0.2) is 75.8 Å². The van der Waals surface area contributed by atoms with Crippen molar-refractivity contribution in [2.45, 2.75) is 26.0 Å². The fraction of sp³-hybridized carbons (Fsp3) is 0.370. The lowest BCUT2D eigenvalue weighted by Crippen LogP contribution is -2.49. The summed E-state index contributed by atoms with van der Waals surface area (Å²) in [5, 5.41) is 15.8. The van der Waals surface area contributed by atoms with Crippen LogP contribution in [0, 0.1) is 5.82 Å². The predicted octanol–water partition coefficient (Wildman–Crippen LogP) is 3.64. The largest absolute Gasteiger partial charge is 0.457 e. The fourth-order valence-electron chi connectivity index (χ4n) is 4.84. The Morgan fingerprint density at radius 2 is 1.87 bits per heavy atom. The van der Waals surface area contributed by atoms with Crippen molar-refractivity contribution in [2.75, 3.05) is 49.5 Å². The number of aliphatic hydroxyl groups is 1. The Morgan fingerprint density at radius 3 is 2.61 bits per heavy atom. The molecule has 2 aliphatic heterocycles. The first-order chi connectivity index (χ1) is 18.6. The molecule has 0 bridgehead atoms. The van der Waals surface area contributed by atoms with Crippen LogP contribution in [0.4, 0.5) is 15.9 Å². The van der Waals surface area contributed by atoms with Crippen molar-refractivity contribution in [3.05, 3.63) is 64.5 Å². The molecule has 1 unspecified atom stereocenters. The maximum Gasteiger partial charge on any atom is 0.287 e. The van der Waals surface area contributed by atoms with Gasteiger partial charge in [-0.25, -0.2) is 19.4 Å².